The van der Waals surface area contributed by atoms with Crippen LogP contribution in [0.25, 0.3) is 0 Å². The van der Waals surface area contributed by atoms with Gasteiger partial charge < -0.3 is 9.64 Å². The van der Waals surface area contributed by atoms with Gasteiger partial charge in [0, 0.05) is 13.1 Å². The van der Waals surface area contributed by atoms with Crippen molar-refractivity contribution in [3.8, 4) is 0 Å². The van der Waals surface area contributed by atoms with E-state index in [-0.39, 0.29) is 12.2 Å². The zero-order chi connectivity index (χ0) is 10.9. The van der Waals surface area contributed by atoms with Crippen LogP contribution in [-0.4, -0.2) is 39.9 Å². The minimum absolute atomic E-state index is 0.0185. The maximum Gasteiger partial charge on any atom is 0.274 e. The molecular weight excluding hydrogens is 248 g/mol. The lowest BCUT2D eigenvalue weighted by molar-refractivity contribution is -0.142. The molecule has 0 aromatic heterocycles. The van der Waals surface area contributed by atoms with Gasteiger partial charge in [-0.2, -0.15) is 0 Å². The summed E-state index contributed by atoms with van der Waals surface area (Å²) in [6.45, 7) is 4.71. The van der Waals surface area contributed by atoms with Gasteiger partial charge in [-0.25, -0.2) is 0 Å². The number of alkyl halides is 3. The number of carbonyl (C=O) groups is 1. The molecule has 0 aliphatic carbocycles. The summed E-state index contributed by atoms with van der Waals surface area (Å²) in [5, 5.41) is 0. The highest BCUT2D eigenvalue weighted by Crippen LogP contribution is 2.29. The van der Waals surface area contributed by atoms with Crippen LogP contribution >= 0.6 is 34.8 Å². The Labute approximate surface area is 98.2 Å². The quantitative estimate of drug-likeness (QED) is 0.624. The summed E-state index contributed by atoms with van der Waals surface area (Å²) in [4.78, 5) is 13.1. The second-order valence-electron chi connectivity index (χ2n) is 3.47. The van der Waals surface area contributed by atoms with E-state index in [9.17, 15) is 4.79 Å². The smallest absolute Gasteiger partial charge is 0.274 e. The third kappa shape index (κ3) is 3.16. The van der Waals surface area contributed by atoms with Crippen molar-refractivity contribution in [2.45, 2.75) is 29.8 Å². The molecule has 0 saturated carbocycles. The fourth-order valence-corrected chi connectivity index (χ4v) is 1.88. The molecule has 6 heteroatoms. The average molecular weight is 261 g/mol. The molecule has 1 amide bonds. The summed E-state index contributed by atoms with van der Waals surface area (Å²) in [6, 6.07) is 0. The summed E-state index contributed by atoms with van der Waals surface area (Å²) in [5.41, 5.74) is 0. The fourth-order valence-electron chi connectivity index (χ4n) is 1.52. The van der Waals surface area contributed by atoms with Crippen molar-refractivity contribution in [2.75, 3.05) is 13.1 Å². The van der Waals surface area contributed by atoms with Crippen molar-refractivity contribution < 1.29 is 9.53 Å². The minimum atomic E-state index is -1.86. The predicted octanol–water partition coefficient (Wildman–Crippen LogP) is 1.99. The molecule has 0 radical (unpaired) electrons. The Morgan fingerprint density at radius 1 is 1.29 bits per heavy atom. The van der Waals surface area contributed by atoms with E-state index in [2.05, 4.69) is 0 Å². The van der Waals surface area contributed by atoms with E-state index in [1.165, 1.54) is 4.90 Å². The van der Waals surface area contributed by atoms with Crippen molar-refractivity contribution >= 4 is 40.7 Å². The van der Waals surface area contributed by atoms with Crippen LogP contribution < -0.4 is 0 Å². The molecule has 1 aliphatic rings. The van der Waals surface area contributed by atoms with Gasteiger partial charge >= 0.3 is 0 Å². The van der Waals surface area contributed by atoms with E-state index >= 15 is 0 Å². The number of hydrogen-bond acceptors (Lipinski definition) is 2. The van der Waals surface area contributed by atoms with E-state index in [1.54, 1.807) is 0 Å². The second kappa shape index (κ2) is 4.44. The van der Waals surface area contributed by atoms with Gasteiger partial charge in [0.25, 0.3) is 9.70 Å². The normalized spacial score (nSPS) is 29.1. The number of amides is 1. The van der Waals surface area contributed by atoms with Gasteiger partial charge in [0.15, 0.2) is 0 Å². The van der Waals surface area contributed by atoms with Crippen molar-refractivity contribution in [2.24, 2.45) is 0 Å². The highest BCUT2D eigenvalue weighted by molar-refractivity contribution is 6.76. The number of hydrogen-bond donors (Lipinski definition) is 0. The molecule has 1 fully saturated rings. The standard InChI is InChI=1S/C8H12Cl3NO2/c1-5-3-12(4-6(2)14-5)7(13)8(9,10)11/h5-6H,3-4H2,1-2H3/t5-,6+. The van der Waals surface area contributed by atoms with Crippen LogP contribution in [0.1, 0.15) is 13.8 Å². The summed E-state index contributed by atoms with van der Waals surface area (Å²) in [6.07, 6.45) is -0.0369. The molecule has 0 aromatic carbocycles. The summed E-state index contributed by atoms with van der Waals surface area (Å²) < 4.78 is 3.59. The first kappa shape index (κ1) is 12.4. The lowest BCUT2D eigenvalue weighted by Gasteiger charge is -2.36. The SMILES string of the molecule is C[C@@H]1CN(C(=O)C(Cl)(Cl)Cl)C[C@H](C)O1. The third-order valence-corrected chi connectivity index (χ3v) is 2.43. The van der Waals surface area contributed by atoms with E-state index in [0.717, 1.165) is 0 Å². The Morgan fingerprint density at radius 2 is 1.71 bits per heavy atom. The second-order valence-corrected chi connectivity index (χ2v) is 5.75. The lowest BCUT2D eigenvalue weighted by Crippen LogP contribution is -2.51. The summed E-state index contributed by atoms with van der Waals surface area (Å²) in [5.74, 6) is -0.482. The van der Waals surface area contributed by atoms with Crippen LogP contribution in [0.4, 0.5) is 0 Å². The first-order valence-corrected chi connectivity index (χ1v) is 5.45. The van der Waals surface area contributed by atoms with Gasteiger partial charge in [0.2, 0.25) is 0 Å². The summed E-state index contributed by atoms with van der Waals surface area (Å²) in [7, 11) is 0. The number of carbonyl (C=O) groups excluding carboxylic acids is 1. The van der Waals surface area contributed by atoms with E-state index in [1.807, 2.05) is 13.8 Å². The minimum Gasteiger partial charge on any atom is -0.372 e. The molecule has 1 saturated heterocycles. The van der Waals surface area contributed by atoms with Crippen molar-refractivity contribution in [1.82, 2.24) is 4.90 Å². The molecule has 2 atom stereocenters. The average Bonchev–Trinajstić information content (AvgIpc) is 1.99. The van der Waals surface area contributed by atoms with Crippen LogP contribution in [0.5, 0.6) is 0 Å². The predicted molar refractivity (Wildman–Crippen MR) is 56.9 cm³/mol. The van der Waals surface area contributed by atoms with Crippen LogP contribution in [0.3, 0.4) is 0 Å². The van der Waals surface area contributed by atoms with Crippen LogP contribution in [0.15, 0.2) is 0 Å². The Balaban J connectivity index is 2.64. The van der Waals surface area contributed by atoms with E-state index < -0.39 is 9.70 Å². The lowest BCUT2D eigenvalue weighted by atomic mass is 10.2. The van der Waals surface area contributed by atoms with Crippen LogP contribution in [0.2, 0.25) is 0 Å². The third-order valence-electron chi connectivity index (χ3n) is 1.95. The molecular formula is C8H12Cl3NO2. The molecule has 0 spiro atoms. The molecule has 0 unspecified atom stereocenters. The van der Waals surface area contributed by atoms with E-state index in [4.69, 9.17) is 39.5 Å². The van der Waals surface area contributed by atoms with Crippen LogP contribution in [0, 0.1) is 0 Å². The molecule has 1 aliphatic heterocycles. The molecule has 1 rings (SSSR count). The molecule has 0 N–H and O–H groups in total. The Hall–Kier alpha value is 0.300. The molecule has 14 heavy (non-hydrogen) atoms. The van der Waals surface area contributed by atoms with Gasteiger partial charge in [-0.1, -0.05) is 34.8 Å². The highest BCUT2D eigenvalue weighted by Gasteiger charge is 2.38. The van der Waals surface area contributed by atoms with Crippen LogP contribution in [-0.2, 0) is 9.53 Å². The molecule has 0 bridgehead atoms. The van der Waals surface area contributed by atoms with Gasteiger partial charge in [0.05, 0.1) is 12.2 Å². The van der Waals surface area contributed by atoms with Crippen molar-refractivity contribution in [1.29, 1.82) is 0 Å². The monoisotopic (exact) mass is 259 g/mol. The number of ether oxygens (including phenoxy) is 1. The van der Waals surface area contributed by atoms with Gasteiger partial charge in [0.1, 0.15) is 0 Å². The number of rotatable bonds is 0. The van der Waals surface area contributed by atoms with Gasteiger partial charge in [-0.05, 0) is 13.8 Å². The molecule has 1 heterocycles. The van der Waals surface area contributed by atoms with Gasteiger partial charge in [-0.3, -0.25) is 4.79 Å². The molecule has 3 nitrogen and oxygen atoms in total. The number of morpholine rings is 1. The largest absolute Gasteiger partial charge is 0.372 e. The fraction of sp³-hybridized carbons (Fsp3) is 0.875. The first-order valence-electron chi connectivity index (χ1n) is 4.32. The van der Waals surface area contributed by atoms with E-state index in [0.29, 0.717) is 13.1 Å². The number of nitrogens with zero attached hydrogens (tertiary/aromatic N) is 1. The Bertz CT molecular complexity index is 219. The Kier molecular flexibility index (Phi) is 3.92. The van der Waals surface area contributed by atoms with Gasteiger partial charge in [-0.15, -0.1) is 0 Å². The highest BCUT2D eigenvalue weighted by atomic mass is 35.6. The first-order chi connectivity index (χ1) is 6.30. The maximum atomic E-state index is 11.6. The molecule has 0 aromatic rings. The Morgan fingerprint density at radius 3 is 2.07 bits per heavy atom. The molecule has 82 valence electrons. The zero-order valence-electron chi connectivity index (χ0n) is 7.97. The maximum absolute atomic E-state index is 11.6. The van der Waals surface area contributed by atoms with Crippen molar-refractivity contribution in [3.63, 3.8) is 0 Å². The summed E-state index contributed by atoms with van der Waals surface area (Å²) >= 11 is 16.5. The topological polar surface area (TPSA) is 29.5 Å². The van der Waals surface area contributed by atoms with Crippen molar-refractivity contribution in [3.05, 3.63) is 0 Å². The zero-order valence-corrected chi connectivity index (χ0v) is 10.2. The number of halogens is 3.